The van der Waals surface area contributed by atoms with Gasteiger partial charge in [0.2, 0.25) is 10.0 Å². The van der Waals surface area contributed by atoms with Crippen molar-refractivity contribution in [2.24, 2.45) is 5.10 Å². The van der Waals surface area contributed by atoms with Crippen molar-refractivity contribution in [3.8, 4) is 0 Å². The first-order chi connectivity index (χ1) is 13.1. The number of halogens is 2. The summed E-state index contributed by atoms with van der Waals surface area (Å²) in [7, 11) is -3.65. The Labute approximate surface area is 175 Å². The van der Waals surface area contributed by atoms with Gasteiger partial charge in [0.25, 0.3) is 5.91 Å². The Bertz CT molecular complexity index is 974. The molecule has 9 heteroatoms. The fourth-order valence-corrected chi connectivity index (χ4v) is 3.53. The minimum absolute atomic E-state index is 0.319. The third kappa shape index (κ3) is 6.22. The summed E-state index contributed by atoms with van der Waals surface area (Å²) < 4.78 is 25.3. The normalized spacial score (nSPS) is 11.8. The maximum atomic E-state index is 12.2. The van der Waals surface area contributed by atoms with E-state index in [2.05, 4.69) is 10.5 Å². The molecule has 0 aliphatic heterocycles. The summed E-state index contributed by atoms with van der Waals surface area (Å²) in [6.07, 6.45) is 2.44. The van der Waals surface area contributed by atoms with Gasteiger partial charge in [0, 0.05) is 0 Å². The molecule has 28 heavy (non-hydrogen) atoms. The van der Waals surface area contributed by atoms with Gasteiger partial charge in [0.15, 0.2) is 0 Å². The zero-order chi connectivity index (χ0) is 20.9. The van der Waals surface area contributed by atoms with E-state index in [0.29, 0.717) is 27.2 Å². The molecule has 0 saturated heterocycles. The highest BCUT2D eigenvalue weighted by Gasteiger charge is 2.20. The number of carbonyl (C=O) groups excluding carboxylic acids is 1. The molecule has 0 aliphatic rings. The highest BCUT2D eigenvalue weighted by Crippen LogP contribution is 2.22. The maximum absolute atomic E-state index is 12.2. The van der Waals surface area contributed by atoms with Crippen molar-refractivity contribution in [1.29, 1.82) is 0 Å². The third-order valence-electron chi connectivity index (χ3n) is 3.88. The number of sulfonamides is 1. The zero-order valence-corrected chi connectivity index (χ0v) is 18.0. The zero-order valence-electron chi connectivity index (χ0n) is 15.7. The van der Waals surface area contributed by atoms with E-state index in [4.69, 9.17) is 23.2 Å². The van der Waals surface area contributed by atoms with Crippen LogP contribution in [0.5, 0.6) is 0 Å². The van der Waals surface area contributed by atoms with Gasteiger partial charge >= 0.3 is 0 Å². The van der Waals surface area contributed by atoms with Crippen LogP contribution in [0.2, 0.25) is 10.0 Å². The van der Waals surface area contributed by atoms with E-state index < -0.39 is 22.5 Å². The second kappa shape index (κ2) is 9.41. The largest absolute Gasteiger partial charge is 0.271 e. The van der Waals surface area contributed by atoms with Crippen molar-refractivity contribution in [3.05, 3.63) is 63.6 Å². The smallest absolute Gasteiger partial charge is 0.260 e. The van der Waals surface area contributed by atoms with Gasteiger partial charge in [0.05, 0.1) is 28.2 Å². The van der Waals surface area contributed by atoms with Crippen LogP contribution in [0, 0.1) is 0 Å². The van der Waals surface area contributed by atoms with E-state index in [1.165, 1.54) is 6.21 Å². The molecule has 0 aromatic heterocycles. The first-order valence-electron chi connectivity index (χ1n) is 8.42. The number of hydrogen-bond donors (Lipinski definition) is 1. The Morgan fingerprint density at radius 1 is 1.14 bits per heavy atom. The molecule has 0 saturated carbocycles. The molecule has 0 fully saturated rings. The summed E-state index contributed by atoms with van der Waals surface area (Å²) in [5, 5.41) is 4.61. The number of carbonyl (C=O) groups is 1. The monoisotopic (exact) mass is 441 g/mol. The van der Waals surface area contributed by atoms with Gasteiger partial charge in [-0.25, -0.2) is 13.8 Å². The molecular formula is C19H21Cl2N3O3S. The fraction of sp³-hybridized carbons (Fsp3) is 0.263. The lowest BCUT2D eigenvalue weighted by Gasteiger charge is -2.21. The van der Waals surface area contributed by atoms with Crippen molar-refractivity contribution >= 4 is 51.0 Å². The fourth-order valence-electron chi connectivity index (χ4n) is 2.36. The lowest BCUT2D eigenvalue weighted by Crippen LogP contribution is -2.39. The van der Waals surface area contributed by atoms with Crippen molar-refractivity contribution in [1.82, 2.24) is 5.43 Å². The molecular weight excluding hydrogens is 421 g/mol. The van der Waals surface area contributed by atoms with Crippen LogP contribution in [0.25, 0.3) is 0 Å². The SMILES string of the molecule is CC(C)c1ccc(N(CC(=O)N/N=C\c2ccc(Cl)c(Cl)c2)S(C)(=O)=O)cc1. The molecule has 6 nitrogen and oxygen atoms in total. The maximum Gasteiger partial charge on any atom is 0.260 e. The van der Waals surface area contributed by atoms with E-state index >= 15 is 0 Å². The number of rotatable bonds is 7. The van der Waals surface area contributed by atoms with Gasteiger partial charge < -0.3 is 0 Å². The van der Waals surface area contributed by atoms with Crippen LogP contribution in [0.15, 0.2) is 47.6 Å². The standard InChI is InChI=1S/C19H21Cl2N3O3S/c1-13(2)15-5-7-16(8-6-15)24(28(3,26)27)12-19(25)23-22-11-14-4-9-17(20)18(21)10-14/h4-11,13H,12H2,1-3H3,(H,23,25)/b22-11-. The van der Waals surface area contributed by atoms with Crippen molar-refractivity contribution in [2.45, 2.75) is 19.8 Å². The minimum Gasteiger partial charge on any atom is -0.271 e. The first-order valence-corrected chi connectivity index (χ1v) is 11.0. The molecule has 150 valence electrons. The molecule has 0 radical (unpaired) electrons. The van der Waals surface area contributed by atoms with Crippen LogP contribution in [0.3, 0.4) is 0 Å². The number of anilines is 1. The third-order valence-corrected chi connectivity index (χ3v) is 5.76. The minimum atomic E-state index is -3.65. The van der Waals surface area contributed by atoms with Crippen LogP contribution in [-0.2, 0) is 14.8 Å². The molecule has 0 unspecified atom stereocenters. The number of nitrogens with one attached hydrogen (secondary N) is 1. The predicted octanol–water partition coefficient (Wildman–Crippen LogP) is 4.03. The van der Waals surface area contributed by atoms with Crippen molar-refractivity contribution in [3.63, 3.8) is 0 Å². The molecule has 0 atom stereocenters. The van der Waals surface area contributed by atoms with Gasteiger partial charge in [-0.15, -0.1) is 0 Å². The van der Waals surface area contributed by atoms with Crippen LogP contribution < -0.4 is 9.73 Å². The topological polar surface area (TPSA) is 78.8 Å². The second-order valence-corrected chi connectivity index (χ2v) is 9.20. The predicted molar refractivity (Wildman–Crippen MR) is 115 cm³/mol. The molecule has 0 spiro atoms. The lowest BCUT2D eigenvalue weighted by atomic mass is 10.0. The molecule has 0 heterocycles. The number of hydrogen-bond acceptors (Lipinski definition) is 4. The molecule has 1 N–H and O–H groups in total. The van der Waals surface area contributed by atoms with E-state index in [-0.39, 0.29) is 0 Å². The Hall–Kier alpha value is -2.09. The number of benzene rings is 2. The summed E-state index contributed by atoms with van der Waals surface area (Å²) in [6, 6.07) is 11.9. The Kier molecular flexibility index (Phi) is 7.46. The number of amides is 1. The highest BCUT2D eigenvalue weighted by atomic mass is 35.5. The number of hydrazone groups is 1. The summed E-state index contributed by atoms with van der Waals surface area (Å²) >= 11 is 11.8. The quantitative estimate of drug-likeness (QED) is 0.520. The van der Waals surface area contributed by atoms with Crippen LogP contribution in [0.4, 0.5) is 5.69 Å². The average molecular weight is 442 g/mol. The highest BCUT2D eigenvalue weighted by molar-refractivity contribution is 7.92. The second-order valence-electron chi connectivity index (χ2n) is 6.48. The Morgan fingerprint density at radius 2 is 1.79 bits per heavy atom. The molecule has 2 rings (SSSR count). The van der Waals surface area contributed by atoms with E-state index in [1.54, 1.807) is 30.3 Å². The summed E-state index contributed by atoms with van der Waals surface area (Å²) in [5.74, 6) is -0.255. The van der Waals surface area contributed by atoms with Crippen LogP contribution in [0.1, 0.15) is 30.9 Å². The van der Waals surface area contributed by atoms with Gasteiger partial charge in [-0.05, 0) is 41.3 Å². The molecule has 0 bridgehead atoms. The van der Waals surface area contributed by atoms with Gasteiger partial charge in [-0.3, -0.25) is 9.10 Å². The van der Waals surface area contributed by atoms with Crippen LogP contribution >= 0.6 is 23.2 Å². The molecule has 0 aliphatic carbocycles. The summed E-state index contributed by atoms with van der Waals surface area (Å²) in [5.41, 5.74) is 4.44. The van der Waals surface area contributed by atoms with E-state index in [0.717, 1.165) is 16.1 Å². The summed E-state index contributed by atoms with van der Waals surface area (Å²) in [4.78, 5) is 12.2. The van der Waals surface area contributed by atoms with Crippen molar-refractivity contribution < 1.29 is 13.2 Å². The first kappa shape index (κ1) is 22.2. The number of nitrogens with zero attached hydrogens (tertiary/aromatic N) is 2. The lowest BCUT2D eigenvalue weighted by molar-refractivity contribution is -0.119. The molecule has 2 aromatic rings. The van der Waals surface area contributed by atoms with Gasteiger partial charge in [-0.1, -0.05) is 55.2 Å². The van der Waals surface area contributed by atoms with E-state index in [1.807, 2.05) is 26.0 Å². The Morgan fingerprint density at radius 3 is 2.32 bits per heavy atom. The van der Waals surface area contributed by atoms with Gasteiger partial charge in [0.1, 0.15) is 6.54 Å². The molecule has 2 aromatic carbocycles. The average Bonchev–Trinajstić information content (AvgIpc) is 2.62. The summed E-state index contributed by atoms with van der Waals surface area (Å²) in [6.45, 7) is 3.70. The Balaban J connectivity index is 2.08. The van der Waals surface area contributed by atoms with E-state index in [9.17, 15) is 13.2 Å². The van der Waals surface area contributed by atoms with Gasteiger partial charge in [-0.2, -0.15) is 5.10 Å². The molecule has 1 amide bonds. The van der Waals surface area contributed by atoms with Crippen molar-refractivity contribution in [2.75, 3.05) is 17.1 Å². The van der Waals surface area contributed by atoms with Crippen LogP contribution in [-0.4, -0.2) is 33.3 Å².